The maximum absolute atomic E-state index is 11.7. The van der Waals surface area contributed by atoms with Gasteiger partial charge >= 0.3 is 5.97 Å². The summed E-state index contributed by atoms with van der Waals surface area (Å²) in [6, 6.07) is 18.6. The van der Waals surface area contributed by atoms with Gasteiger partial charge in [0.2, 0.25) is 0 Å². The second kappa shape index (κ2) is 7.96. The summed E-state index contributed by atoms with van der Waals surface area (Å²) in [7, 11) is 1.37. The van der Waals surface area contributed by atoms with Gasteiger partial charge < -0.3 is 9.84 Å². The highest BCUT2D eigenvalue weighted by molar-refractivity contribution is 7.12. The molecule has 3 aromatic rings. The number of nitrogens with one attached hydrogen (secondary N) is 1. The smallest absolute Gasteiger partial charge is 0.337 e. The van der Waals surface area contributed by atoms with Gasteiger partial charge in [0.1, 0.15) is 11.9 Å². The molecule has 4 rings (SSSR count). The van der Waals surface area contributed by atoms with E-state index in [0.717, 1.165) is 21.7 Å². The van der Waals surface area contributed by atoms with Crippen molar-refractivity contribution in [3.63, 3.8) is 0 Å². The lowest BCUT2D eigenvalue weighted by Crippen LogP contribution is -2.32. The summed E-state index contributed by atoms with van der Waals surface area (Å²) in [6.07, 6.45) is 0.414. The number of phenolic OH excluding ortho intramolecular Hbond substituents is 1. The molecular weight excluding hydrogens is 372 g/mol. The van der Waals surface area contributed by atoms with Gasteiger partial charge in [-0.2, -0.15) is 0 Å². The Morgan fingerprint density at radius 1 is 1.14 bits per heavy atom. The molecule has 5 nitrogen and oxygen atoms in total. The molecule has 1 aliphatic rings. The van der Waals surface area contributed by atoms with Gasteiger partial charge in [0, 0.05) is 22.9 Å². The number of para-hydroxylation sites is 1. The third-order valence-electron chi connectivity index (χ3n) is 4.81. The van der Waals surface area contributed by atoms with Crippen LogP contribution in [-0.2, 0) is 4.74 Å². The predicted molar refractivity (Wildman–Crippen MR) is 110 cm³/mol. The Bertz CT molecular complexity index is 997. The van der Waals surface area contributed by atoms with Crippen LogP contribution in [0.15, 0.2) is 71.0 Å². The fourth-order valence-corrected chi connectivity index (χ4v) is 4.10. The van der Waals surface area contributed by atoms with Crippen molar-refractivity contribution in [2.45, 2.75) is 18.6 Å². The minimum atomic E-state index is -0.363. The van der Waals surface area contributed by atoms with Crippen LogP contribution in [0.1, 0.15) is 45.0 Å². The number of hydrogen-bond acceptors (Lipinski definition) is 6. The van der Waals surface area contributed by atoms with Gasteiger partial charge in [-0.15, -0.1) is 11.3 Å². The Morgan fingerprint density at radius 3 is 2.61 bits per heavy atom. The average molecular weight is 392 g/mol. The van der Waals surface area contributed by atoms with Crippen LogP contribution >= 0.6 is 11.3 Å². The van der Waals surface area contributed by atoms with Gasteiger partial charge in [-0.05, 0) is 35.2 Å². The number of aliphatic imine (C=N–C) groups is 1. The van der Waals surface area contributed by atoms with E-state index < -0.39 is 0 Å². The molecule has 142 valence electrons. The number of phenols is 1. The standard InChI is InChI=1S/C22H20N2O3S/c1-27-22(26)15-10-8-14(9-11-15)21-23-17(16-5-2-3-6-19(16)25)13-18(24-21)20-7-4-12-28-20/h2-12,17,21,23,25H,13H2,1H3/t17-,21+/m0/s1. The number of carbonyl (C=O) groups excluding carboxylic acids is 1. The molecule has 0 fully saturated rings. The Balaban J connectivity index is 1.69. The van der Waals surface area contributed by atoms with Crippen LogP contribution in [0, 0.1) is 0 Å². The van der Waals surface area contributed by atoms with Crippen molar-refractivity contribution in [2.24, 2.45) is 4.99 Å². The number of ether oxygens (including phenoxy) is 1. The monoisotopic (exact) mass is 392 g/mol. The van der Waals surface area contributed by atoms with Crippen molar-refractivity contribution in [3.05, 3.63) is 87.6 Å². The largest absolute Gasteiger partial charge is 0.508 e. The fourth-order valence-electron chi connectivity index (χ4n) is 3.37. The van der Waals surface area contributed by atoms with E-state index in [-0.39, 0.29) is 23.9 Å². The molecule has 1 aliphatic heterocycles. The van der Waals surface area contributed by atoms with Crippen LogP contribution in [0.5, 0.6) is 5.75 Å². The molecule has 0 radical (unpaired) electrons. The molecule has 28 heavy (non-hydrogen) atoms. The molecule has 6 heteroatoms. The van der Waals surface area contributed by atoms with Crippen molar-refractivity contribution in [1.29, 1.82) is 0 Å². The number of benzene rings is 2. The predicted octanol–water partition coefficient (Wildman–Crippen LogP) is 4.46. The lowest BCUT2D eigenvalue weighted by Gasteiger charge is -2.30. The normalized spacial score (nSPS) is 19.1. The van der Waals surface area contributed by atoms with E-state index >= 15 is 0 Å². The van der Waals surface area contributed by atoms with Crippen LogP contribution in [0.2, 0.25) is 0 Å². The summed E-state index contributed by atoms with van der Waals surface area (Å²) in [5, 5.41) is 15.9. The number of thiophene rings is 1. The molecule has 2 N–H and O–H groups in total. The number of nitrogens with zero attached hydrogens (tertiary/aromatic N) is 1. The summed E-state index contributed by atoms with van der Waals surface area (Å²) < 4.78 is 4.77. The molecule has 2 heterocycles. The van der Waals surface area contributed by atoms with Gasteiger partial charge in [-0.3, -0.25) is 10.3 Å². The highest BCUT2D eigenvalue weighted by Gasteiger charge is 2.28. The molecule has 0 spiro atoms. The summed E-state index contributed by atoms with van der Waals surface area (Å²) in [4.78, 5) is 17.7. The SMILES string of the molecule is COC(=O)c1ccc([C@H]2N=C(c3cccs3)C[C@@H](c3ccccc3O)N2)cc1. The van der Waals surface area contributed by atoms with E-state index in [1.54, 1.807) is 29.5 Å². The number of aromatic hydroxyl groups is 1. The number of rotatable bonds is 4. The molecule has 0 aliphatic carbocycles. The molecule has 1 aromatic heterocycles. The number of hydrogen-bond donors (Lipinski definition) is 2. The van der Waals surface area contributed by atoms with Crippen LogP contribution in [0.4, 0.5) is 0 Å². The van der Waals surface area contributed by atoms with Crippen molar-refractivity contribution < 1.29 is 14.6 Å². The van der Waals surface area contributed by atoms with Crippen LogP contribution in [-0.4, -0.2) is 23.9 Å². The average Bonchev–Trinajstić information content (AvgIpc) is 3.28. The maximum atomic E-state index is 11.7. The minimum absolute atomic E-state index is 0.0684. The third kappa shape index (κ3) is 3.69. The lowest BCUT2D eigenvalue weighted by atomic mass is 9.96. The van der Waals surface area contributed by atoms with Crippen molar-refractivity contribution in [2.75, 3.05) is 7.11 Å². The molecule has 2 aromatic carbocycles. The Kier molecular flexibility index (Phi) is 5.23. The summed E-state index contributed by atoms with van der Waals surface area (Å²) in [5.41, 5.74) is 3.30. The van der Waals surface area contributed by atoms with E-state index in [4.69, 9.17) is 9.73 Å². The first-order chi connectivity index (χ1) is 13.7. The quantitative estimate of drug-likeness (QED) is 0.643. The molecule has 2 atom stereocenters. The van der Waals surface area contributed by atoms with E-state index in [1.807, 2.05) is 41.8 Å². The second-order valence-electron chi connectivity index (χ2n) is 6.55. The first kappa shape index (κ1) is 18.4. The van der Waals surface area contributed by atoms with Crippen molar-refractivity contribution in [3.8, 4) is 5.75 Å². The van der Waals surface area contributed by atoms with Crippen molar-refractivity contribution >= 4 is 23.0 Å². The van der Waals surface area contributed by atoms with Gasteiger partial charge in [0.25, 0.3) is 0 Å². The maximum Gasteiger partial charge on any atom is 0.337 e. The van der Waals surface area contributed by atoms with Crippen LogP contribution in [0.25, 0.3) is 0 Å². The first-order valence-electron chi connectivity index (χ1n) is 8.98. The lowest BCUT2D eigenvalue weighted by molar-refractivity contribution is 0.0600. The zero-order valence-corrected chi connectivity index (χ0v) is 16.1. The second-order valence-corrected chi connectivity index (χ2v) is 7.50. The van der Waals surface area contributed by atoms with E-state index in [9.17, 15) is 9.90 Å². The third-order valence-corrected chi connectivity index (χ3v) is 5.73. The van der Waals surface area contributed by atoms with Gasteiger partial charge in [0.15, 0.2) is 0 Å². The molecular formula is C22H20N2O3S. The van der Waals surface area contributed by atoms with Gasteiger partial charge in [-0.1, -0.05) is 36.4 Å². The summed E-state index contributed by atoms with van der Waals surface area (Å²) in [6.45, 7) is 0. The van der Waals surface area contributed by atoms with E-state index in [1.165, 1.54) is 7.11 Å². The van der Waals surface area contributed by atoms with Crippen molar-refractivity contribution in [1.82, 2.24) is 5.32 Å². The van der Waals surface area contributed by atoms with Crippen LogP contribution in [0.3, 0.4) is 0 Å². The zero-order valence-electron chi connectivity index (χ0n) is 15.3. The molecule has 0 saturated heterocycles. The van der Waals surface area contributed by atoms with E-state index in [0.29, 0.717) is 12.0 Å². The fraction of sp³-hybridized carbons (Fsp3) is 0.182. The van der Waals surface area contributed by atoms with Gasteiger partial charge in [0.05, 0.1) is 18.4 Å². The highest BCUT2D eigenvalue weighted by Crippen LogP contribution is 2.35. The molecule has 0 bridgehead atoms. The Labute approximate surface area is 167 Å². The highest BCUT2D eigenvalue weighted by atomic mass is 32.1. The number of esters is 1. The topological polar surface area (TPSA) is 70.9 Å². The van der Waals surface area contributed by atoms with Crippen LogP contribution < -0.4 is 5.32 Å². The Morgan fingerprint density at radius 2 is 1.93 bits per heavy atom. The molecule has 0 unspecified atom stereocenters. The molecule has 0 saturated carbocycles. The Hall–Kier alpha value is -2.96. The number of methoxy groups -OCH3 is 1. The van der Waals surface area contributed by atoms with Gasteiger partial charge in [-0.25, -0.2) is 4.79 Å². The summed E-state index contributed by atoms with van der Waals surface area (Å²) >= 11 is 1.66. The molecule has 0 amide bonds. The van der Waals surface area contributed by atoms with E-state index in [2.05, 4.69) is 11.4 Å². The first-order valence-corrected chi connectivity index (χ1v) is 9.86. The zero-order chi connectivity index (χ0) is 19.5. The summed E-state index contributed by atoms with van der Waals surface area (Å²) in [5.74, 6) is -0.0924. The minimum Gasteiger partial charge on any atom is -0.508 e. The number of carbonyl (C=O) groups is 1.